The van der Waals surface area contributed by atoms with Crippen molar-refractivity contribution in [1.82, 2.24) is 5.32 Å². The number of nitrogens with one attached hydrogen (secondary N) is 1. The number of rotatable bonds is 8. The summed E-state index contributed by atoms with van der Waals surface area (Å²) in [5.74, 6) is 0.856. The minimum Gasteiger partial charge on any atom is -0.489 e. The van der Waals surface area contributed by atoms with Gasteiger partial charge in [0.25, 0.3) is 0 Å². The van der Waals surface area contributed by atoms with E-state index < -0.39 is 5.60 Å². The molecule has 29 heavy (non-hydrogen) atoms. The van der Waals surface area contributed by atoms with E-state index in [1.165, 1.54) is 5.56 Å². The zero-order valence-corrected chi connectivity index (χ0v) is 17.9. The highest BCUT2D eigenvalue weighted by molar-refractivity contribution is 5.83. The van der Waals surface area contributed by atoms with Gasteiger partial charge in [-0.25, -0.2) is 4.39 Å². The van der Waals surface area contributed by atoms with Gasteiger partial charge >= 0.3 is 0 Å². The molecule has 0 heterocycles. The van der Waals surface area contributed by atoms with Gasteiger partial charge in [-0.3, -0.25) is 4.79 Å². The van der Waals surface area contributed by atoms with Crippen molar-refractivity contribution >= 4 is 5.91 Å². The van der Waals surface area contributed by atoms with Crippen molar-refractivity contribution in [3.63, 3.8) is 0 Å². The molecular formula is C24H34FNO3. The van der Waals surface area contributed by atoms with Crippen LogP contribution in [0.1, 0.15) is 71.3 Å². The highest BCUT2D eigenvalue weighted by Gasteiger charge is 2.52. The lowest BCUT2D eigenvalue weighted by atomic mass is 9.51. The van der Waals surface area contributed by atoms with E-state index in [1.54, 1.807) is 13.8 Å². The van der Waals surface area contributed by atoms with Gasteiger partial charge in [0.2, 0.25) is 5.91 Å². The number of benzene rings is 1. The molecule has 160 valence electrons. The van der Waals surface area contributed by atoms with E-state index in [0.29, 0.717) is 18.3 Å². The van der Waals surface area contributed by atoms with Crippen molar-refractivity contribution in [1.29, 1.82) is 0 Å². The Hall–Kier alpha value is -1.88. The summed E-state index contributed by atoms with van der Waals surface area (Å²) in [6.45, 7) is 5.90. The molecule has 1 aromatic rings. The van der Waals surface area contributed by atoms with Crippen LogP contribution in [0.25, 0.3) is 0 Å². The van der Waals surface area contributed by atoms with Gasteiger partial charge in [-0.2, -0.15) is 0 Å². The number of fused-ring (bicyclic) bond motifs is 3. The quantitative estimate of drug-likeness (QED) is 0.655. The Labute approximate surface area is 173 Å². The normalized spacial score (nSPS) is 27.0. The Morgan fingerprint density at radius 1 is 1.17 bits per heavy atom. The van der Waals surface area contributed by atoms with Gasteiger partial charge < -0.3 is 15.2 Å². The molecule has 0 radical (unpaired) electrons. The van der Waals surface area contributed by atoms with Gasteiger partial charge in [0.1, 0.15) is 12.4 Å². The summed E-state index contributed by atoms with van der Waals surface area (Å²) in [4.78, 5) is 12.8. The summed E-state index contributed by atoms with van der Waals surface area (Å²) in [6, 6.07) is 8.21. The lowest BCUT2D eigenvalue weighted by molar-refractivity contribution is -0.138. The zero-order valence-electron chi connectivity index (χ0n) is 17.9. The number of hydrogen-bond donors (Lipinski definition) is 2. The average molecular weight is 404 g/mol. The molecule has 2 N–H and O–H groups in total. The van der Waals surface area contributed by atoms with Gasteiger partial charge in [-0.1, -0.05) is 19.1 Å². The first-order valence-electron chi connectivity index (χ1n) is 10.7. The summed E-state index contributed by atoms with van der Waals surface area (Å²) in [5, 5.41) is 12.9. The molecular weight excluding hydrogens is 369 g/mol. The van der Waals surface area contributed by atoms with Gasteiger partial charge in [0.05, 0.1) is 11.9 Å². The van der Waals surface area contributed by atoms with Crippen molar-refractivity contribution in [2.45, 2.75) is 76.7 Å². The van der Waals surface area contributed by atoms with E-state index >= 15 is 0 Å². The first-order valence-corrected chi connectivity index (χ1v) is 10.7. The summed E-state index contributed by atoms with van der Waals surface area (Å²) in [7, 11) is 0. The second-order valence-corrected chi connectivity index (χ2v) is 9.49. The van der Waals surface area contributed by atoms with Crippen LogP contribution in [0.3, 0.4) is 0 Å². The topological polar surface area (TPSA) is 58.6 Å². The largest absolute Gasteiger partial charge is 0.489 e. The molecule has 3 saturated carbocycles. The van der Waals surface area contributed by atoms with Crippen LogP contribution >= 0.6 is 0 Å². The van der Waals surface area contributed by atoms with Crippen LogP contribution in [0, 0.1) is 5.41 Å². The number of aliphatic hydroxyl groups is 1. The van der Waals surface area contributed by atoms with Crippen LogP contribution in [0.15, 0.2) is 36.2 Å². The van der Waals surface area contributed by atoms with E-state index in [9.17, 15) is 14.3 Å². The minimum atomic E-state index is -0.888. The van der Waals surface area contributed by atoms with Crippen LogP contribution in [0.4, 0.5) is 4.39 Å². The lowest BCUT2D eigenvalue weighted by Gasteiger charge is -2.53. The number of hydrogen-bond acceptors (Lipinski definition) is 3. The SMILES string of the molecule is CC/C(=C\F)COc1ccc(C23CCC(C(=O)NCC(C)(C)O)(CC2)CC3)cc1. The molecule has 3 aliphatic rings. The Kier molecular flexibility index (Phi) is 6.37. The zero-order chi connectivity index (χ0) is 21.1. The van der Waals surface area contributed by atoms with Crippen LogP contribution < -0.4 is 10.1 Å². The van der Waals surface area contributed by atoms with Crippen LogP contribution in [0.2, 0.25) is 0 Å². The standard InChI is InChI=1S/C24H34FNO3/c1-4-18(15-25)16-29-20-7-5-19(6-8-20)23-9-12-24(13-10-23,14-11-23)21(27)26-17-22(2,3)28/h5-8,15,28H,4,9-14,16-17H2,1-3H3,(H,26,27)/b18-15+. The first-order chi connectivity index (χ1) is 13.7. The number of carbonyl (C=O) groups excluding carboxylic acids is 1. The third-order valence-electron chi connectivity index (χ3n) is 6.91. The van der Waals surface area contributed by atoms with Gasteiger partial charge in [-0.05, 0) is 87.5 Å². The molecule has 3 fully saturated rings. The Balaban J connectivity index is 1.61. The average Bonchev–Trinajstić information content (AvgIpc) is 2.74. The van der Waals surface area contributed by atoms with Crippen LogP contribution in [0.5, 0.6) is 5.75 Å². The van der Waals surface area contributed by atoms with E-state index in [1.807, 2.05) is 19.1 Å². The summed E-state index contributed by atoms with van der Waals surface area (Å²) < 4.78 is 18.4. The maximum Gasteiger partial charge on any atom is 0.226 e. The third-order valence-corrected chi connectivity index (χ3v) is 6.91. The summed E-state index contributed by atoms with van der Waals surface area (Å²) in [5.41, 5.74) is 0.939. The van der Waals surface area contributed by atoms with Gasteiger partial charge in [0.15, 0.2) is 0 Å². The molecule has 4 rings (SSSR count). The molecule has 1 amide bonds. The van der Waals surface area contributed by atoms with E-state index in [0.717, 1.165) is 44.3 Å². The number of ether oxygens (including phenoxy) is 1. The van der Waals surface area contributed by atoms with Crippen LogP contribution in [-0.4, -0.2) is 29.8 Å². The molecule has 0 aromatic heterocycles. The lowest BCUT2D eigenvalue weighted by Crippen LogP contribution is -2.53. The maximum absolute atomic E-state index is 12.8. The van der Waals surface area contributed by atoms with Gasteiger partial charge in [0, 0.05) is 12.0 Å². The molecule has 4 nitrogen and oxygen atoms in total. The number of carbonyl (C=O) groups is 1. The van der Waals surface area contributed by atoms with E-state index in [-0.39, 0.29) is 29.9 Å². The second-order valence-electron chi connectivity index (χ2n) is 9.49. The fourth-order valence-corrected chi connectivity index (χ4v) is 4.73. The molecule has 0 unspecified atom stereocenters. The molecule has 0 spiro atoms. The van der Waals surface area contributed by atoms with Crippen LogP contribution in [-0.2, 0) is 10.2 Å². The fourth-order valence-electron chi connectivity index (χ4n) is 4.73. The van der Waals surface area contributed by atoms with Crippen molar-refractivity contribution in [3.8, 4) is 5.75 Å². The van der Waals surface area contributed by atoms with Gasteiger partial charge in [-0.15, -0.1) is 0 Å². The molecule has 0 atom stereocenters. The van der Waals surface area contributed by atoms with Crippen molar-refractivity contribution < 1.29 is 19.0 Å². The first kappa shape index (κ1) is 21.8. The Morgan fingerprint density at radius 3 is 2.24 bits per heavy atom. The second kappa shape index (κ2) is 8.47. The predicted molar refractivity (Wildman–Crippen MR) is 113 cm³/mol. The van der Waals surface area contributed by atoms with E-state index in [2.05, 4.69) is 17.4 Å². The monoisotopic (exact) mass is 403 g/mol. The van der Waals surface area contributed by atoms with E-state index in [4.69, 9.17) is 4.74 Å². The highest BCUT2D eigenvalue weighted by atomic mass is 19.1. The molecule has 2 bridgehead atoms. The summed E-state index contributed by atoms with van der Waals surface area (Å²) >= 11 is 0. The number of halogens is 1. The third kappa shape index (κ3) is 4.82. The predicted octanol–water partition coefficient (Wildman–Crippen LogP) is 4.81. The van der Waals surface area contributed by atoms with Crippen molar-refractivity contribution in [2.24, 2.45) is 5.41 Å². The Bertz CT molecular complexity index is 724. The Morgan fingerprint density at radius 2 is 1.76 bits per heavy atom. The molecule has 5 heteroatoms. The molecule has 0 saturated heterocycles. The molecule has 1 aromatic carbocycles. The highest BCUT2D eigenvalue weighted by Crippen LogP contribution is 2.57. The number of amides is 1. The maximum atomic E-state index is 12.8. The summed E-state index contributed by atoms with van der Waals surface area (Å²) in [6.07, 6.45) is 6.97. The van der Waals surface area contributed by atoms with Crippen molar-refractivity contribution in [2.75, 3.05) is 13.2 Å². The van der Waals surface area contributed by atoms with Crippen molar-refractivity contribution in [3.05, 3.63) is 41.7 Å². The molecule has 0 aliphatic heterocycles. The fraction of sp³-hybridized carbons (Fsp3) is 0.625. The molecule has 3 aliphatic carbocycles. The minimum absolute atomic E-state index is 0.101. The smallest absolute Gasteiger partial charge is 0.226 e.